The third-order valence-electron chi connectivity index (χ3n) is 4.23. The zero-order chi connectivity index (χ0) is 17.6. The van der Waals surface area contributed by atoms with E-state index in [1.165, 1.54) is 0 Å². The molecule has 1 aliphatic rings. The first-order chi connectivity index (χ1) is 12.2. The third-order valence-corrected chi connectivity index (χ3v) is 4.23. The Balaban J connectivity index is 1.62. The van der Waals surface area contributed by atoms with Gasteiger partial charge < -0.3 is 20.4 Å². The van der Waals surface area contributed by atoms with E-state index in [1.807, 2.05) is 19.1 Å². The normalized spacial score (nSPS) is 13.4. The summed E-state index contributed by atoms with van der Waals surface area (Å²) >= 11 is 0. The topological polar surface area (TPSA) is 83.2 Å². The molecule has 132 valence electrons. The summed E-state index contributed by atoms with van der Waals surface area (Å²) in [5.74, 6) is 0.524. The van der Waals surface area contributed by atoms with E-state index in [9.17, 15) is 9.59 Å². The Morgan fingerprint density at radius 3 is 2.80 bits per heavy atom. The first kappa shape index (κ1) is 17.2. The van der Waals surface area contributed by atoms with Crippen LogP contribution >= 0.6 is 0 Å². The molecule has 3 rings (SSSR count). The van der Waals surface area contributed by atoms with Gasteiger partial charge in [0, 0.05) is 30.5 Å². The number of ketones is 1. The molecule has 0 saturated carbocycles. The number of likely N-dealkylation sites (N-methyl/N-ethyl adjacent to an activating group) is 1. The van der Waals surface area contributed by atoms with E-state index in [4.69, 9.17) is 4.74 Å². The molecule has 2 aromatic rings. The Morgan fingerprint density at radius 1 is 1.24 bits per heavy atom. The molecule has 0 unspecified atom stereocenters. The van der Waals surface area contributed by atoms with Gasteiger partial charge in [-0.1, -0.05) is 6.92 Å². The fourth-order valence-electron chi connectivity index (χ4n) is 2.96. The zero-order valence-electron chi connectivity index (χ0n) is 14.4. The van der Waals surface area contributed by atoms with E-state index in [0.29, 0.717) is 29.8 Å². The van der Waals surface area contributed by atoms with Crippen LogP contribution in [0.4, 0.5) is 5.69 Å². The maximum Gasteiger partial charge on any atom is 0.257 e. The zero-order valence-corrected chi connectivity index (χ0v) is 14.4. The maximum atomic E-state index is 12.5. The second kappa shape index (κ2) is 7.98. The van der Waals surface area contributed by atoms with Crippen LogP contribution in [0.5, 0.6) is 5.75 Å². The van der Waals surface area contributed by atoms with Gasteiger partial charge in [0.05, 0.1) is 11.1 Å². The minimum atomic E-state index is -0.270. The average molecular weight is 341 g/mol. The fourth-order valence-corrected chi connectivity index (χ4v) is 2.96. The maximum absolute atomic E-state index is 12.5. The van der Waals surface area contributed by atoms with Crippen molar-refractivity contribution in [3.8, 4) is 5.75 Å². The van der Waals surface area contributed by atoms with E-state index < -0.39 is 0 Å². The van der Waals surface area contributed by atoms with Crippen LogP contribution in [-0.4, -0.2) is 36.4 Å². The molecule has 1 aromatic heterocycles. The van der Waals surface area contributed by atoms with Crippen LogP contribution in [0.1, 0.15) is 46.2 Å². The van der Waals surface area contributed by atoms with Crippen molar-refractivity contribution < 1.29 is 14.3 Å². The number of aryl methyl sites for hydroxylation is 1. The van der Waals surface area contributed by atoms with Crippen molar-refractivity contribution in [1.29, 1.82) is 0 Å². The quantitative estimate of drug-likeness (QED) is 0.676. The van der Waals surface area contributed by atoms with E-state index in [0.717, 1.165) is 37.4 Å². The molecule has 1 aliphatic carbocycles. The van der Waals surface area contributed by atoms with Gasteiger partial charge in [0.1, 0.15) is 12.4 Å². The summed E-state index contributed by atoms with van der Waals surface area (Å²) in [6.45, 7) is 4.35. The van der Waals surface area contributed by atoms with Crippen LogP contribution in [0.15, 0.2) is 30.5 Å². The Labute approximate surface area is 147 Å². The number of carbonyl (C=O) groups is 2. The summed E-state index contributed by atoms with van der Waals surface area (Å²) in [6, 6.07) is 7.22. The molecule has 0 bridgehead atoms. The average Bonchev–Trinajstić information content (AvgIpc) is 3.06. The summed E-state index contributed by atoms with van der Waals surface area (Å²) < 4.78 is 5.60. The number of H-pyrrole nitrogens is 1. The number of fused-ring (bicyclic) bond motifs is 1. The number of rotatable bonds is 7. The van der Waals surface area contributed by atoms with Gasteiger partial charge in [0.25, 0.3) is 5.91 Å². The van der Waals surface area contributed by atoms with Gasteiger partial charge in [-0.25, -0.2) is 0 Å². The van der Waals surface area contributed by atoms with Crippen molar-refractivity contribution >= 4 is 17.4 Å². The number of amides is 1. The number of hydrogen-bond donors (Lipinski definition) is 3. The van der Waals surface area contributed by atoms with Gasteiger partial charge in [-0.05, 0) is 43.7 Å². The van der Waals surface area contributed by atoms with Crippen LogP contribution in [0.3, 0.4) is 0 Å². The second-order valence-electron chi connectivity index (χ2n) is 6.01. The van der Waals surface area contributed by atoms with Crippen LogP contribution in [0, 0.1) is 0 Å². The molecule has 3 N–H and O–H groups in total. The Morgan fingerprint density at radius 2 is 2.04 bits per heavy atom. The van der Waals surface area contributed by atoms with Crippen LogP contribution in [0.2, 0.25) is 0 Å². The minimum absolute atomic E-state index is 0.0390. The minimum Gasteiger partial charge on any atom is -0.492 e. The van der Waals surface area contributed by atoms with Gasteiger partial charge in [-0.15, -0.1) is 0 Å². The summed E-state index contributed by atoms with van der Waals surface area (Å²) in [4.78, 5) is 27.7. The molecule has 0 spiro atoms. The van der Waals surface area contributed by atoms with Crippen LogP contribution in [0.25, 0.3) is 0 Å². The van der Waals surface area contributed by atoms with E-state index in [2.05, 4.69) is 15.6 Å². The summed E-state index contributed by atoms with van der Waals surface area (Å²) in [5.41, 5.74) is 2.51. The summed E-state index contributed by atoms with van der Waals surface area (Å²) in [7, 11) is 0. The van der Waals surface area contributed by atoms with Crippen molar-refractivity contribution in [2.24, 2.45) is 0 Å². The molecular weight excluding hydrogens is 318 g/mol. The van der Waals surface area contributed by atoms with Crippen molar-refractivity contribution in [2.75, 3.05) is 25.0 Å². The van der Waals surface area contributed by atoms with Crippen molar-refractivity contribution in [1.82, 2.24) is 10.3 Å². The second-order valence-corrected chi connectivity index (χ2v) is 6.01. The molecule has 0 saturated heterocycles. The van der Waals surface area contributed by atoms with Crippen molar-refractivity contribution in [3.05, 3.63) is 47.3 Å². The third kappa shape index (κ3) is 4.09. The lowest BCUT2D eigenvalue weighted by Gasteiger charge is -2.12. The van der Waals surface area contributed by atoms with Crippen molar-refractivity contribution in [3.63, 3.8) is 0 Å². The lowest BCUT2D eigenvalue weighted by molar-refractivity contribution is 0.0956. The van der Waals surface area contributed by atoms with E-state index >= 15 is 0 Å². The fraction of sp³-hybridized carbons (Fsp3) is 0.368. The highest BCUT2D eigenvalue weighted by Gasteiger charge is 2.25. The highest BCUT2D eigenvalue weighted by atomic mass is 16.5. The molecule has 0 aliphatic heterocycles. The number of benzene rings is 1. The Hall–Kier alpha value is -2.60. The molecule has 0 atom stereocenters. The molecule has 1 amide bonds. The van der Waals surface area contributed by atoms with Crippen LogP contribution < -0.4 is 15.4 Å². The number of ether oxygens (including phenoxy) is 1. The van der Waals surface area contributed by atoms with Gasteiger partial charge in [-0.3, -0.25) is 9.59 Å². The Bertz CT molecular complexity index is 750. The first-order valence-corrected chi connectivity index (χ1v) is 8.67. The molecule has 25 heavy (non-hydrogen) atoms. The lowest BCUT2D eigenvalue weighted by Crippen LogP contribution is -2.20. The van der Waals surface area contributed by atoms with Gasteiger partial charge in [-0.2, -0.15) is 0 Å². The highest BCUT2D eigenvalue weighted by molar-refractivity contribution is 6.13. The van der Waals surface area contributed by atoms with E-state index in [-0.39, 0.29) is 11.7 Å². The number of nitrogens with one attached hydrogen (secondary N) is 3. The molecule has 1 aromatic carbocycles. The molecule has 0 fully saturated rings. The standard InChI is InChI=1S/C19H23N3O3/c1-2-20-10-11-25-14-8-6-13(7-9-14)22-19(24)15-12-21-16-4-3-5-17(23)18(15)16/h6-9,12,20-21H,2-5,10-11H2,1H3,(H,22,24). The Kier molecular flexibility index (Phi) is 5.50. The summed E-state index contributed by atoms with van der Waals surface area (Å²) in [6.07, 6.45) is 3.78. The highest BCUT2D eigenvalue weighted by Crippen LogP contribution is 2.25. The number of Topliss-reactive ketones (excluding diaryl/α,β-unsaturated/α-hetero) is 1. The van der Waals surface area contributed by atoms with Gasteiger partial charge in [0.2, 0.25) is 0 Å². The largest absolute Gasteiger partial charge is 0.492 e. The molecule has 0 radical (unpaired) electrons. The number of anilines is 1. The number of hydrogen-bond acceptors (Lipinski definition) is 4. The summed E-state index contributed by atoms with van der Waals surface area (Å²) in [5, 5.41) is 6.03. The lowest BCUT2D eigenvalue weighted by atomic mass is 9.93. The van der Waals surface area contributed by atoms with Gasteiger partial charge >= 0.3 is 0 Å². The van der Waals surface area contributed by atoms with E-state index in [1.54, 1.807) is 18.3 Å². The molecule has 1 heterocycles. The smallest absolute Gasteiger partial charge is 0.257 e. The predicted octanol–water partition coefficient (Wildman–Crippen LogP) is 2.77. The molecule has 6 nitrogen and oxygen atoms in total. The monoisotopic (exact) mass is 341 g/mol. The van der Waals surface area contributed by atoms with Crippen molar-refractivity contribution in [2.45, 2.75) is 26.2 Å². The predicted molar refractivity (Wildman–Crippen MR) is 96.5 cm³/mol. The van der Waals surface area contributed by atoms with Gasteiger partial charge in [0.15, 0.2) is 5.78 Å². The molecular formula is C19H23N3O3. The first-order valence-electron chi connectivity index (χ1n) is 8.67. The number of carbonyl (C=O) groups excluding carboxylic acids is 2. The SMILES string of the molecule is CCNCCOc1ccc(NC(=O)c2c[nH]c3c2C(=O)CCC3)cc1. The molecule has 6 heteroatoms. The van der Waals surface area contributed by atoms with Crippen LogP contribution in [-0.2, 0) is 6.42 Å². The number of aromatic nitrogens is 1. The number of aromatic amines is 1.